The number of benzene rings is 3. The van der Waals surface area contributed by atoms with E-state index in [4.69, 9.17) is 0 Å². The molecule has 5 heteroatoms. The molecule has 3 aromatic carbocycles. The van der Waals surface area contributed by atoms with Gasteiger partial charge in [-0.15, -0.1) is 0 Å². The summed E-state index contributed by atoms with van der Waals surface area (Å²) in [6.07, 6.45) is 0. The van der Waals surface area contributed by atoms with E-state index in [1.54, 1.807) is 48.5 Å². The fourth-order valence-corrected chi connectivity index (χ4v) is 3.88. The van der Waals surface area contributed by atoms with Gasteiger partial charge >= 0.3 is 5.97 Å². The van der Waals surface area contributed by atoms with Gasteiger partial charge in [0.25, 0.3) is 5.91 Å². The van der Waals surface area contributed by atoms with E-state index in [2.05, 4.69) is 5.32 Å². The number of rotatable bonds is 3. The summed E-state index contributed by atoms with van der Waals surface area (Å²) < 4.78 is 0. The molecule has 1 aliphatic rings. The first-order valence-corrected chi connectivity index (χ1v) is 9.03. The minimum absolute atomic E-state index is 0.349. The summed E-state index contributed by atoms with van der Waals surface area (Å²) in [4.78, 5) is 27.8. The predicted molar refractivity (Wildman–Crippen MR) is 109 cm³/mol. The van der Waals surface area contributed by atoms with Gasteiger partial charge in [0.15, 0.2) is 0 Å². The van der Waals surface area contributed by atoms with Crippen LogP contribution in [0.3, 0.4) is 0 Å². The maximum Gasteiger partial charge on any atom is 0.356 e. The number of para-hydroxylation sites is 2. The van der Waals surface area contributed by atoms with Crippen molar-refractivity contribution >= 4 is 23.3 Å². The van der Waals surface area contributed by atoms with Crippen molar-refractivity contribution in [1.82, 2.24) is 0 Å². The van der Waals surface area contributed by atoms with Gasteiger partial charge in [-0.25, -0.2) is 4.79 Å². The highest BCUT2D eigenvalue weighted by Crippen LogP contribution is 2.43. The molecule has 1 unspecified atom stereocenters. The van der Waals surface area contributed by atoms with Crippen molar-refractivity contribution in [3.63, 3.8) is 0 Å². The first kappa shape index (κ1) is 17.8. The number of anilines is 2. The molecule has 1 amide bonds. The number of aliphatic carboxylic acids is 1. The number of amides is 1. The van der Waals surface area contributed by atoms with Crippen molar-refractivity contribution < 1.29 is 14.7 Å². The zero-order valence-corrected chi connectivity index (χ0v) is 15.6. The molecule has 1 heterocycles. The zero-order chi connectivity index (χ0) is 19.9. The second-order valence-corrected chi connectivity index (χ2v) is 6.93. The number of hydrogen-bond acceptors (Lipinski definition) is 3. The molecule has 3 aromatic rings. The molecule has 0 aromatic heterocycles. The Morgan fingerprint density at radius 3 is 2.14 bits per heavy atom. The fraction of sp³-hybridized carbons (Fsp3) is 0.130. The lowest BCUT2D eigenvalue weighted by molar-refractivity contribution is -0.142. The van der Waals surface area contributed by atoms with E-state index in [0.29, 0.717) is 22.5 Å². The zero-order valence-electron chi connectivity index (χ0n) is 15.6. The lowest BCUT2D eigenvalue weighted by Gasteiger charge is -2.46. The van der Waals surface area contributed by atoms with E-state index >= 15 is 0 Å². The first-order valence-electron chi connectivity index (χ1n) is 9.03. The van der Waals surface area contributed by atoms with E-state index < -0.39 is 11.6 Å². The van der Waals surface area contributed by atoms with Gasteiger partial charge in [0.05, 0.1) is 11.3 Å². The summed E-state index contributed by atoms with van der Waals surface area (Å²) >= 11 is 0. The van der Waals surface area contributed by atoms with Crippen LogP contribution in [0.25, 0.3) is 0 Å². The molecule has 5 nitrogen and oxygen atoms in total. The van der Waals surface area contributed by atoms with Crippen molar-refractivity contribution in [3.05, 3.63) is 95.1 Å². The van der Waals surface area contributed by atoms with E-state index in [-0.39, 0.29) is 5.91 Å². The molecule has 0 radical (unpaired) electrons. The normalized spacial score (nSPS) is 18.4. The minimum Gasteiger partial charge on any atom is -0.478 e. The molecule has 0 spiro atoms. The molecule has 1 atom stereocenters. The van der Waals surface area contributed by atoms with Gasteiger partial charge in [-0.3, -0.25) is 9.69 Å². The number of carboxylic acids is 1. The van der Waals surface area contributed by atoms with Crippen molar-refractivity contribution in [2.24, 2.45) is 0 Å². The van der Waals surface area contributed by atoms with Crippen LogP contribution in [0.4, 0.5) is 11.4 Å². The Bertz CT molecular complexity index is 1060. The molecular formula is C23H20N2O3. The summed E-state index contributed by atoms with van der Waals surface area (Å²) in [5.41, 5.74) is 1.92. The van der Waals surface area contributed by atoms with Crippen molar-refractivity contribution in [2.75, 3.05) is 10.2 Å². The summed E-state index contributed by atoms with van der Waals surface area (Å²) in [5.74, 6) is -1.50. The van der Waals surface area contributed by atoms with Crippen LogP contribution in [0.5, 0.6) is 0 Å². The number of aryl methyl sites for hydroxylation is 2. The summed E-state index contributed by atoms with van der Waals surface area (Å²) in [6.45, 7) is 3.77. The quantitative estimate of drug-likeness (QED) is 0.719. The van der Waals surface area contributed by atoms with E-state index in [1.165, 1.54) is 4.90 Å². The van der Waals surface area contributed by atoms with Crippen LogP contribution in [0.1, 0.15) is 27.0 Å². The number of carbonyl (C=O) groups is 2. The lowest BCUT2D eigenvalue weighted by Crippen LogP contribution is -2.63. The van der Waals surface area contributed by atoms with E-state index in [0.717, 1.165) is 11.1 Å². The number of hydrogen-bond donors (Lipinski definition) is 2. The number of fused-ring (bicyclic) bond motifs is 1. The highest BCUT2D eigenvalue weighted by Gasteiger charge is 2.53. The monoisotopic (exact) mass is 372 g/mol. The van der Waals surface area contributed by atoms with Gasteiger partial charge in [-0.2, -0.15) is 0 Å². The van der Waals surface area contributed by atoms with Gasteiger partial charge in [0.2, 0.25) is 5.66 Å². The minimum atomic E-state index is -1.76. The van der Waals surface area contributed by atoms with Gasteiger partial charge < -0.3 is 10.4 Å². The number of carbonyl (C=O) groups excluding carboxylic acids is 1. The highest BCUT2D eigenvalue weighted by molar-refractivity contribution is 6.17. The van der Waals surface area contributed by atoms with Gasteiger partial charge in [-0.1, -0.05) is 60.7 Å². The van der Waals surface area contributed by atoms with Crippen LogP contribution in [0, 0.1) is 13.8 Å². The van der Waals surface area contributed by atoms with Gasteiger partial charge in [0.1, 0.15) is 0 Å². The molecule has 140 valence electrons. The predicted octanol–water partition coefficient (Wildman–Crippen LogP) is 4.31. The molecule has 0 saturated heterocycles. The maximum absolute atomic E-state index is 13.6. The summed E-state index contributed by atoms with van der Waals surface area (Å²) in [6, 6.07) is 21.5. The smallest absolute Gasteiger partial charge is 0.356 e. The molecule has 1 aliphatic heterocycles. The third kappa shape index (κ3) is 2.47. The second-order valence-electron chi connectivity index (χ2n) is 6.93. The topological polar surface area (TPSA) is 69.6 Å². The van der Waals surface area contributed by atoms with Crippen molar-refractivity contribution in [3.8, 4) is 0 Å². The molecule has 2 N–H and O–H groups in total. The Morgan fingerprint density at radius 1 is 0.893 bits per heavy atom. The number of nitrogens with zero attached hydrogens (tertiary/aromatic N) is 1. The number of carboxylic acid groups (broad SMARTS) is 1. The van der Waals surface area contributed by atoms with E-state index in [9.17, 15) is 14.7 Å². The molecular weight excluding hydrogens is 352 g/mol. The van der Waals surface area contributed by atoms with Crippen LogP contribution in [0.2, 0.25) is 0 Å². The first-order chi connectivity index (χ1) is 13.5. The van der Waals surface area contributed by atoms with E-state index in [1.807, 2.05) is 38.1 Å². The fourth-order valence-electron chi connectivity index (χ4n) is 3.88. The molecule has 28 heavy (non-hydrogen) atoms. The molecule has 0 aliphatic carbocycles. The number of nitrogens with one attached hydrogen (secondary N) is 1. The lowest BCUT2D eigenvalue weighted by atomic mass is 9.90. The standard InChI is InChI=1S/C23H20N2O3/c1-15-9-8-10-16(2)20(15)25-21(26)18-13-6-7-14-19(18)24-23(25,22(27)28)17-11-4-3-5-12-17/h3-14,24H,1-2H3,(H,27,28). The van der Waals surface area contributed by atoms with Crippen LogP contribution in [-0.4, -0.2) is 17.0 Å². The Labute approximate surface area is 163 Å². The maximum atomic E-state index is 13.6. The van der Waals surface area contributed by atoms with Gasteiger partial charge in [0, 0.05) is 11.3 Å². The van der Waals surface area contributed by atoms with Crippen LogP contribution < -0.4 is 10.2 Å². The highest BCUT2D eigenvalue weighted by atomic mass is 16.4. The Balaban J connectivity index is 2.09. The van der Waals surface area contributed by atoms with Gasteiger partial charge in [-0.05, 0) is 37.1 Å². The average Bonchev–Trinajstić information content (AvgIpc) is 2.69. The third-order valence-corrected chi connectivity index (χ3v) is 5.18. The molecule has 0 bridgehead atoms. The van der Waals surface area contributed by atoms with Crippen molar-refractivity contribution in [1.29, 1.82) is 0 Å². The average molecular weight is 372 g/mol. The van der Waals surface area contributed by atoms with Crippen LogP contribution in [0.15, 0.2) is 72.8 Å². The summed E-state index contributed by atoms with van der Waals surface area (Å²) in [7, 11) is 0. The van der Waals surface area contributed by atoms with Crippen molar-refractivity contribution in [2.45, 2.75) is 19.5 Å². The Hall–Kier alpha value is -3.60. The molecule has 0 saturated carbocycles. The van der Waals surface area contributed by atoms with Crippen LogP contribution >= 0.6 is 0 Å². The molecule has 0 fully saturated rings. The second kappa shape index (κ2) is 6.53. The summed E-state index contributed by atoms with van der Waals surface area (Å²) in [5, 5.41) is 13.6. The Morgan fingerprint density at radius 2 is 1.50 bits per heavy atom. The van der Waals surface area contributed by atoms with Crippen LogP contribution in [-0.2, 0) is 10.5 Å². The third-order valence-electron chi connectivity index (χ3n) is 5.18. The Kier molecular flexibility index (Phi) is 4.15. The SMILES string of the molecule is Cc1cccc(C)c1N1C(=O)c2ccccc2NC1(C(=O)O)c1ccccc1. The largest absolute Gasteiger partial charge is 0.478 e. The molecule has 4 rings (SSSR count).